The Hall–Kier alpha value is -1.55. The number of aryl methyl sites for hydroxylation is 1. The van der Waals surface area contributed by atoms with Crippen molar-refractivity contribution in [1.29, 1.82) is 0 Å². The number of amides is 1. The molecule has 0 radical (unpaired) electrons. The van der Waals surface area contributed by atoms with Gasteiger partial charge in [-0.25, -0.2) is 0 Å². The summed E-state index contributed by atoms with van der Waals surface area (Å²) in [6.07, 6.45) is 3.90. The molecule has 0 aromatic heterocycles. The lowest BCUT2D eigenvalue weighted by atomic mass is 10.1. The Kier molecular flexibility index (Phi) is 6.72. The van der Waals surface area contributed by atoms with E-state index in [-0.39, 0.29) is 5.91 Å². The lowest BCUT2D eigenvalue weighted by molar-refractivity contribution is -0.132. The average molecular weight is 304 g/mol. The maximum Gasteiger partial charge on any atom is 0.222 e. The number of hydrogen-bond donors (Lipinski definition) is 0. The zero-order valence-corrected chi connectivity index (χ0v) is 13.9. The van der Waals surface area contributed by atoms with Gasteiger partial charge in [0.05, 0.1) is 7.11 Å². The van der Waals surface area contributed by atoms with E-state index in [4.69, 9.17) is 4.74 Å². The Morgan fingerprint density at radius 3 is 2.41 bits per heavy atom. The largest absolute Gasteiger partial charge is 0.497 e. The SMILES string of the molecule is CCCCN1CCN(C(=O)CCc2ccc(OC)cc2)CC1. The van der Waals surface area contributed by atoms with Crippen molar-refractivity contribution in [2.24, 2.45) is 0 Å². The number of unbranched alkanes of at least 4 members (excludes halogenated alkanes) is 1. The van der Waals surface area contributed by atoms with Crippen molar-refractivity contribution in [2.75, 3.05) is 39.8 Å². The molecule has 1 heterocycles. The lowest BCUT2D eigenvalue weighted by Crippen LogP contribution is -2.48. The van der Waals surface area contributed by atoms with Crippen LogP contribution in [-0.2, 0) is 11.2 Å². The molecule has 0 N–H and O–H groups in total. The van der Waals surface area contributed by atoms with Crippen LogP contribution >= 0.6 is 0 Å². The molecule has 4 heteroatoms. The van der Waals surface area contributed by atoms with E-state index in [2.05, 4.69) is 11.8 Å². The Morgan fingerprint density at radius 1 is 1.14 bits per heavy atom. The number of hydrogen-bond acceptors (Lipinski definition) is 3. The van der Waals surface area contributed by atoms with Crippen molar-refractivity contribution >= 4 is 5.91 Å². The standard InChI is InChI=1S/C18H28N2O2/c1-3-4-11-19-12-14-20(15-13-19)18(21)10-7-16-5-8-17(22-2)9-6-16/h5-6,8-9H,3-4,7,10-15H2,1-2H3. The first-order chi connectivity index (χ1) is 10.7. The van der Waals surface area contributed by atoms with E-state index in [0.29, 0.717) is 6.42 Å². The van der Waals surface area contributed by atoms with Crippen molar-refractivity contribution in [2.45, 2.75) is 32.6 Å². The third kappa shape index (κ3) is 5.02. The predicted octanol–water partition coefficient (Wildman–Crippen LogP) is 2.57. The summed E-state index contributed by atoms with van der Waals surface area (Å²) in [7, 11) is 1.67. The second-order valence-corrected chi connectivity index (χ2v) is 5.92. The van der Waals surface area contributed by atoms with Crippen molar-refractivity contribution in [3.63, 3.8) is 0 Å². The molecular formula is C18H28N2O2. The van der Waals surface area contributed by atoms with Crippen molar-refractivity contribution in [1.82, 2.24) is 9.80 Å². The quantitative estimate of drug-likeness (QED) is 0.776. The molecular weight excluding hydrogens is 276 g/mol. The maximum atomic E-state index is 12.3. The van der Waals surface area contributed by atoms with E-state index in [1.165, 1.54) is 24.9 Å². The topological polar surface area (TPSA) is 32.8 Å². The van der Waals surface area contributed by atoms with Crippen molar-refractivity contribution in [3.8, 4) is 5.75 Å². The first kappa shape index (κ1) is 16.8. The molecule has 1 aliphatic rings. The van der Waals surface area contributed by atoms with Gasteiger partial charge in [0, 0.05) is 32.6 Å². The molecule has 0 aliphatic carbocycles. The fourth-order valence-electron chi connectivity index (χ4n) is 2.80. The van der Waals surface area contributed by atoms with Gasteiger partial charge in [-0.3, -0.25) is 9.69 Å². The molecule has 0 unspecified atom stereocenters. The Bertz CT molecular complexity index is 451. The van der Waals surface area contributed by atoms with Gasteiger partial charge in [0.15, 0.2) is 0 Å². The summed E-state index contributed by atoms with van der Waals surface area (Å²) in [6, 6.07) is 7.97. The summed E-state index contributed by atoms with van der Waals surface area (Å²) >= 11 is 0. The van der Waals surface area contributed by atoms with Crippen LogP contribution in [0.15, 0.2) is 24.3 Å². The van der Waals surface area contributed by atoms with Crippen LogP contribution in [0.25, 0.3) is 0 Å². The number of carbonyl (C=O) groups is 1. The third-order valence-corrected chi connectivity index (χ3v) is 4.34. The average Bonchev–Trinajstić information content (AvgIpc) is 2.58. The van der Waals surface area contributed by atoms with Crippen LogP contribution in [0.1, 0.15) is 31.7 Å². The van der Waals surface area contributed by atoms with Gasteiger partial charge >= 0.3 is 0 Å². The number of piperazine rings is 1. The highest BCUT2D eigenvalue weighted by atomic mass is 16.5. The molecule has 2 rings (SSSR count). The van der Waals surface area contributed by atoms with Gasteiger partial charge in [-0.2, -0.15) is 0 Å². The number of ether oxygens (including phenoxy) is 1. The second-order valence-electron chi connectivity index (χ2n) is 5.92. The predicted molar refractivity (Wildman–Crippen MR) is 89.2 cm³/mol. The van der Waals surface area contributed by atoms with Crippen LogP contribution in [0.5, 0.6) is 5.75 Å². The van der Waals surface area contributed by atoms with Gasteiger partial charge in [-0.1, -0.05) is 25.5 Å². The Balaban J connectivity index is 1.71. The number of carbonyl (C=O) groups excluding carboxylic acids is 1. The van der Waals surface area contributed by atoms with E-state index < -0.39 is 0 Å². The summed E-state index contributed by atoms with van der Waals surface area (Å²) in [6.45, 7) is 7.20. The highest BCUT2D eigenvalue weighted by Crippen LogP contribution is 2.13. The van der Waals surface area contributed by atoms with Gasteiger partial charge in [0.25, 0.3) is 0 Å². The molecule has 0 spiro atoms. The molecule has 4 nitrogen and oxygen atoms in total. The third-order valence-electron chi connectivity index (χ3n) is 4.34. The van der Waals surface area contributed by atoms with Gasteiger partial charge < -0.3 is 9.64 Å². The van der Waals surface area contributed by atoms with E-state index in [9.17, 15) is 4.79 Å². The monoisotopic (exact) mass is 304 g/mol. The van der Waals surface area contributed by atoms with E-state index in [0.717, 1.165) is 38.3 Å². The van der Waals surface area contributed by atoms with Crippen LogP contribution in [0.2, 0.25) is 0 Å². The molecule has 0 saturated carbocycles. The number of nitrogens with zero attached hydrogens (tertiary/aromatic N) is 2. The summed E-state index contributed by atoms with van der Waals surface area (Å²) in [4.78, 5) is 16.8. The fraction of sp³-hybridized carbons (Fsp3) is 0.611. The number of benzene rings is 1. The molecule has 1 fully saturated rings. The number of rotatable bonds is 7. The van der Waals surface area contributed by atoms with Crippen molar-refractivity contribution < 1.29 is 9.53 Å². The zero-order chi connectivity index (χ0) is 15.8. The highest BCUT2D eigenvalue weighted by molar-refractivity contribution is 5.76. The van der Waals surface area contributed by atoms with E-state index in [1.54, 1.807) is 7.11 Å². The molecule has 0 bridgehead atoms. The molecule has 0 atom stereocenters. The molecule has 1 aromatic carbocycles. The van der Waals surface area contributed by atoms with Crippen LogP contribution in [0.4, 0.5) is 0 Å². The van der Waals surface area contributed by atoms with Gasteiger partial charge in [0.2, 0.25) is 5.91 Å². The van der Waals surface area contributed by atoms with E-state index in [1.807, 2.05) is 29.2 Å². The Labute approximate surface area is 134 Å². The first-order valence-corrected chi connectivity index (χ1v) is 8.36. The molecule has 22 heavy (non-hydrogen) atoms. The maximum absolute atomic E-state index is 12.3. The van der Waals surface area contributed by atoms with Crippen LogP contribution in [0, 0.1) is 0 Å². The minimum absolute atomic E-state index is 0.283. The number of methoxy groups -OCH3 is 1. The van der Waals surface area contributed by atoms with E-state index >= 15 is 0 Å². The van der Waals surface area contributed by atoms with Crippen LogP contribution in [-0.4, -0.2) is 55.5 Å². The minimum atomic E-state index is 0.283. The molecule has 1 aromatic rings. The van der Waals surface area contributed by atoms with Gasteiger partial charge in [0.1, 0.15) is 5.75 Å². The van der Waals surface area contributed by atoms with Gasteiger partial charge in [-0.15, -0.1) is 0 Å². The summed E-state index contributed by atoms with van der Waals surface area (Å²) in [5, 5.41) is 0. The lowest BCUT2D eigenvalue weighted by Gasteiger charge is -2.34. The summed E-state index contributed by atoms with van der Waals surface area (Å²) in [5.41, 5.74) is 1.19. The summed E-state index contributed by atoms with van der Waals surface area (Å²) < 4.78 is 5.15. The highest BCUT2D eigenvalue weighted by Gasteiger charge is 2.20. The molecule has 122 valence electrons. The minimum Gasteiger partial charge on any atom is -0.497 e. The zero-order valence-electron chi connectivity index (χ0n) is 13.9. The first-order valence-electron chi connectivity index (χ1n) is 8.36. The summed E-state index contributed by atoms with van der Waals surface area (Å²) in [5.74, 6) is 1.14. The van der Waals surface area contributed by atoms with Crippen LogP contribution in [0.3, 0.4) is 0 Å². The molecule has 1 saturated heterocycles. The molecule has 1 aliphatic heterocycles. The fourth-order valence-corrected chi connectivity index (χ4v) is 2.80. The Morgan fingerprint density at radius 2 is 1.82 bits per heavy atom. The second kappa shape index (κ2) is 8.79. The van der Waals surface area contributed by atoms with Crippen LogP contribution < -0.4 is 4.74 Å². The molecule has 1 amide bonds. The smallest absolute Gasteiger partial charge is 0.222 e. The van der Waals surface area contributed by atoms with Gasteiger partial charge in [-0.05, 0) is 37.1 Å². The van der Waals surface area contributed by atoms with Crippen molar-refractivity contribution in [3.05, 3.63) is 29.8 Å². The normalized spacial score (nSPS) is 15.8.